The molecular weight excluding hydrogens is 508 g/mol. The third-order valence-electron chi connectivity index (χ3n) is 14.1. The van der Waals surface area contributed by atoms with Crippen LogP contribution in [-0.2, 0) is 0 Å². The molecule has 4 aromatic carbocycles. The average Bonchev–Trinajstić information content (AvgIpc) is 3.28. The molecule has 0 N–H and O–H groups in total. The van der Waals surface area contributed by atoms with Crippen LogP contribution >= 0.6 is 0 Å². The van der Waals surface area contributed by atoms with Gasteiger partial charge in [0.2, 0.25) is 0 Å². The largest absolute Gasteiger partial charge is 0.280 e. The minimum Gasteiger partial charge on any atom is -0.280 e. The number of rotatable bonds is 0. The summed E-state index contributed by atoms with van der Waals surface area (Å²) in [6.45, 7) is 0. The van der Waals surface area contributed by atoms with Gasteiger partial charge in [-0.2, -0.15) is 0 Å². The summed E-state index contributed by atoms with van der Waals surface area (Å²) in [5.41, 5.74) is 4.54. The number of nitrogens with zero attached hydrogens (tertiary/aromatic N) is 2. The van der Waals surface area contributed by atoms with Crippen molar-refractivity contribution in [3.8, 4) is 0 Å². The molecule has 0 saturated heterocycles. The highest BCUT2D eigenvalue weighted by Gasteiger charge is 2.48. The molecule has 6 saturated carbocycles. The van der Waals surface area contributed by atoms with Crippen molar-refractivity contribution in [1.82, 2.24) is 4.98 Å². The maximum Gasteiger partial charge on any atom is 0.0784 e. The van der Waals surface area contributed by atoms with Gasteiger partial charge in [0, 0.05) is 28.3 Å². The van der Waals surface area contributed by atoms with Gasteiger partial charge < -0.3 is 0 Å². The molecule has 8 bridgehead atoms. The summed E-state index contributed by atoms with van der Waals surface area (Å²) in [6.07, 6.45) is 19.4. The summed E-state index contributed by atoms with van der Waals surface area (Å²) in [7, 11) is 0. The van der Waals surface area contributed by atoms with Gasteiger partial charge in [-0.25, -0.2) is 0 Å². The molecule has 6 fully saturated rings. The van der Waals surface area contributed by atoms with Crippen molar-refractivity contribution in [3.63, 3.8) is 0 Å². The van der Waals surface area contributed by atoms with E-state index in [0.717, 1.165) is 47.3 Å². The van der Waals surface area contributed by atoms with Crippen LogP contribution in [0.15, 0.2) is 47.6 Å². The Morgan fingerprint density at radius 3 is 2.07 bits per heavy atom. The average molecular weight is 547 g/mol. The molecule has 6 atom stereocenters. The molecule has 6 unspecified atom stereocenters. The number of hydrogen-bond donors (Lipinski definition) is 0. The second kappa shape index (κ2) is 7.55. The second-order valence-electron chi connectivity index (χ2n) is 16.2. The molecule has 0 spiro atoms. The van der Waals surface area contributed by atoms with E-state index in [4.69, 9.17) is 9.98 Å². The van der Waals surface area contributed by atoms with Crippen molar-refractivity contribution in [2.24, 2.45) is 46.4 Å². The van der Waals surface area contributed by atoms with Gasteiger partial charge in [0.05, 0.1) is 16.9 Å². The lowest BCUT2D eigenvalue weighted by molar-refractivity contribution is 0.129. The van der Waals surface area contributed by atoms with Crippen LogP contribution in [0.2, 0.25) is 0 Å². The summed E-state index contributed by atoms with van der Waals surface area (Å²) < 4.78 is 0. The van der Waals surface area contributed by atoms with Gasteiger partial charge in [0.1, 0.15) is 0 Å². The normalized spacial score (nSPS) is 38.9. The summed E-state index contributed by atoms with van der Waals surface area (Å²) in [6, 6.07) is 15.2. The molecule has 208 valence electrons. The van der Waals surface area contributed by atoms with E-state index in [2.05, 4.69) is 48.7 Å². The summed E-state index contributed by atoms with van der Waals surface area (Å²) in [4.78, 5) is 11.1. The first kappa shape index (κ1) is 22.5. The predicted molar refractivity (Wildman–Crippen MR) is 171 cm³/mol. The number of benzene rings is 4. The van der Waals surface area contributed by atoms with Crippen LogP contribution in [0.1, 0.15) is 87.2 Å². The number of pyridine rings is 1. The van der Waals surface area contributed by atoms with Gasteiger partial charge >= 0.3 is 0 Å². The smallest absolute Gasteiger partial charge is 0.0784 e. The fraction of sp³-hybridized carbons (Fsp3) is 0.500. The Labute approximate surface area is 246 Å². The molecular formula is C40H38N2. The molecule has 8 aliphatic carbocycles. The van der Waals surface area contributed by atoms with Gasteiger partial charge in [0.15, 0.2) is 0 Å². The highest BCUT2D eigenvalue weighted by atomic mass is 14.8. The zero-order valence-corrected chi connectivity index (χ0v) is 24.4. The van der Waals surface area contributed by atoms with Crippen molar-refractivity contribution in [3.05, 3.63) is 64.3 Å². The Morgan fingerprint density at radius 1 is 0.595 bits per heavy atom. The van der Waals surface area contributed by atoms with E-state index in [9.17, 15) is 0 Å². The van der Waals surface area contributed by atoms with Gasteiger partial charge in [-0.15, -0.1) is 0 Å². The molecule has 9 aliphatic rings. The lowest BCUT2D eigenvalue weighted by atomic mass is 9.67. The Morgan fingerprint density at radius 2 is 1.26 bits per heavy atom. The van der Waals surface area contributed by atoms with Gasteiger partial charge in [-0.1, -0.05) is 30.3 Å². The topological polar surface area (TPSA) is 25.2 Å². The van der Waals surface area contributed by atoms with E-state index in [1.807, 2.05) is 0 Å². The van der Waals surface area contributed by atoms with Crippen molar-refractivity contribution < 1.29 is 0 Å². The van der Waals surface area contributed by atoms with Crippen LogP contribution in [0.25, 0.3) is 49.3 Å². The van der Waals surface area contributed by atoms with Crippen molar-refractivity contribution >= 4 is 49.3 Å². The van der Waals surface area contributed by atoms with E-state index in [1.54, 1.807) is 11.1 Å². The third-order valence-corrected chi connectivity index (χ3v) is 14.1. The third kappa shape index (κ3) is 2.75. The Bertz CT molecular complexity index is 2110. The first-order valence-corrected chi connectivity index (χ1v) is 17.3. The Kier molecular flexibility index (Phi) is 4.05. The lowest BCUT2D eigenvalue weighted by Crippen LogP contribution is -2.40. The van der Waals surface area contributed by atoms with E-state index in [1.165, 1.54) is 118 Å². The summed E-state index contributed by atoms with van der Waals surface area (Å²) in [5, 5.41) is 12.5. The maximum absolute atomic E-state index is 5.76. The molecule has 0 amide bonds. The second-order valence-corrected chi connectivity index (χ2v) is 16.2. The molecule has 1 aromatic heterocycles. The fourth-order valence-electron chi connectivity index (χ4n) is 13.0. The fourth-order valence-corrected chi connectivity index (χ4v) is 13.0. The van der Waals surface area contributed by atoms with Gasteiger partial charge in [-0.3, -0.25) is 9.98 Å². The first-order valence-electron chi connectivity index (χ1n) is 17.3. The molecule has 2 nitrogen and oxygen atoms in total. The van der Waals surface area contributed by atoms with Crippen LogP contribution in [-0.4, -0.2) is 11.0 Å². The van der Waals surface area contributed by atoms with Crippen molar-refractivity contribution in [2.75, 3.05) is 0 Å². The van der Waals surface area contributed by atoms with Crippen LogP contribution in [0.5, 0.6) is 0 Å². The monoisotopic (exact) mass is 546 g/mol. The number of fused-ring (bicyclic) bond motifs is 4. The van der Waals surface area contributed by atoms with Gasteiger partial charge in [-0.05, 0) is 162 Å². The zero-order valence-electron chi connectivity index (χ0n) is 24.4. The van der Waals surface area contributed by atoms with Crippen molar-refractivity contribution in [2.45, 2.75) is 82.1 Å². The van der Waals surface area contributed by atoms with Crippen LogP contribution in [0.4, 0.5) is 0 Å². The molecule has 2 heterocycles. The Balaban J connectivity index is 1.13. The molecule has 0 radical (unpaired) electrons. The van der Waals surface area contributed by atoms with Crippen molar-refractivity contribution in [1.29, 1.82) is 0 Å². The molecule has 1 aliphatic heterocycles. The summed E-state index contributed by atoms with van der Waals surface area (Å²) in [5.74, 6) is 7.57. The predicted octanol–water partition coefficient (Wildman–Crippen LogP) is 8.38. The van der Waals surface area contributed by atoms with Gasteiger partial charge in [0.25, 0.3) is 0 Å². The van der Waals surface area contributed by atoms with E-state index >= 15 is 0 Å². The first-order chi connectivity index (χ1) is 20.7. The Hall–Kier alpha value is -3.00. The highest BCUT2D eigenvalue weighted by Crippen LogP contribution is 2.58. The highest BCUT2D eigenvalue weighted by molar-refractivity contribution is 6.28. The van der Waals surface area contributed by atoms with Crippen LogP contribution in [0, 0.1) is 41.4 Å². The zero-order chi connectivity index (χ0) is 26.8. The molecule has 5 aromatic rings. The van der Waals surface area contributed by atoms with Crippen LogP contribution < -0.4 is 10.6 Å². The number of aromatic nitrogens is 1. The minimum atomic E-state index is 0.500. The summed E-state index contributed by atoms with van der Waals surface area (Å²) >= 11 is 0. The van der Waals surface area contributed by atoms with E-state index < -0.39 is 0 Å². The minimum absolute atomic E-state index is 0.500. The molecule has 14 rings (SSSR count). The lowest BCUT2D eigenvalue weighted by Gasteiger charge is -2.38. The van der Waals surface area contributed by atoms with Crippen LogP contribution in [0.3, 0.4) is 0 Å². The quantitative estimate of drug-likeness (QED) is 0.141. The molecule has 2 heteroatoms. The van der Waals surface area contributed by atoms with E-state index in [0.29, 0.717) is 12.0 Å². The standard InChI is InChI=1S/C40H38N2/c1-2-24-16-33-35-27-11-19-5-20(12-27)10-26(9-19)34(35)18-41-40(33)31-4-3-30-36(37(24)31)23(1)15-29-17-32-25-7-21-6-22(8-25)14-28(13-21)39(32)42-38(29)30/h1-4,15-22,25-28,32,39H,5-14H2. The molecule has 42 heavy (non-hydrogen) atoms. The SMILES string of the molecule is C1=c2cc3ccc4cc5c6c(cnc5c5ccc(c2=NC2C7CC8CC(CC(C8)C12)C7)c3c45)C1CC2CC(C1)CC6C2. The number of hydrogen-bond acceptors (Lipinski definition) is 2. The maximum atomic E-state index is 5.76. The van der Waals surface area contributed by atoms with E-state index in [-0.39, 0.29) is 0 Å².